The van der Waals surface area contributed by atoms with Gasteiger partial charge in [0.1, 0.15) is 11.4 Å². The maximum atomic E-state index is 12.3. The minimum atomic E-state index is 0.0240. The zero-order valence-corrected chi connectivity index (χ0v) is 13.2. The second-order valence-electron chi connectivity index (χ2n) is 5.96. The number of H-pyrrole nitrogens is 1. The van der Waals surface area contributed by atoms with E-state index in [2.05, 4.69) is 23.8 Å². The summed E-state index contributed by atoms with van der Waals surface area (Å²) in [6.45, 7) is 8.37. The van der Waals surface area contributed by atoms with Crippen molar-refractivity contribution in [3.05, 3.63) is 26.6 Å². The van der Waals surface area contributed by atoms with Crippen molar-refractivity contribution in [3.8, 4) is 0 Å². The van der Waals surface area contributed by atoms with Crippen LogP contribution >= 0.6 is 11.3 Å². The molecule has 3 heterocycles. The predicted molar refractivity (Wildman–Crippen MR) is 82.6 cm³/mol. The van der Waals surface area contributed by atoms with Gasteiger partial charge in [0.2, 0.25) is 0 Å². The number of aryl methyl sites for hydroxylation is 2. The Morgan fingerprint density at radius 2 is 2.20 bits per heavy atom. The van der Waals surface area contributed by atoms with Crippen LogP contribution in [0.3, 0.4) is 0 Å². The topological polar surface area (TPSA) is 50.2 Å². The molecular weight excluding hydrogens is 270 g/mol. The molecule has 2 atom stereocenters. The van der Waals surface area contributed by atoms with Crippen molar-refractivity contribution in [2.24, 2.45) is 0 Å². The van der Waals surface area contributed by atoms with Gasteiger partial charge in [-0.2, -0.15) is 0 Å². The quantitative estimate of drug-likeness (QED) is 0.882. The number of nitrogens with zero attached hydrogens (tertiary/aromatic N) is 1. The van der Waals surface area contributed by atoms with Crippen LogP contribution in [0.2, 0.25) is 0 Å². The first-order valence-corrected chi connectivity index (χ1v) is 8.21. The third-order valence-electron chi connectivity index (χ3n) is 4.56. The Bertz CT molecular complexity index is 688. The van der Waals surface area contributed by atoms with Gasteiger partial charge in [-0.15, -0.1) is 11.3 Å². The molecule has 1 saturated heterocycles. The number of aromatic nitrogens is 2. The van der Waals surface area contributed by atoms with Gasteiger partial charge >= 0.3 is 0 Å². The van der Waals surface area contributed by atoms with Crippen LogP contribution in [0.15, 0.2) is 4.79 Å². The number of aromatic amines is 1. The van der Waals surface area contributed by atoms with Gasteiger partial charge in [-0.05, 0) is 45.6 Å². The van der Waals surface area contributed by atoms with Gasteiger partial charge in [0.15, 0.2) is 5.82 Å². The number of fused-ring (bicyclic) bond motifs is 1. The van der Waals surface area contributed by atoms with Crippen molar-refractivity contribution in [2.45, 2.75) is 52.6 Å². The molecule has 0 aromatic carbocycles. The summed E-state index contributed by atoms with van der Waals surface area (Å²) in [5.41, 5.74) is 1.10. The minimum Gasteiger partial charge on any atom is -0.326 e. The van der Waals surface area contributed by atoms with Gasteiger partial charge in [0, 0.05) is 4.88 Å². The second kappa shape index (κ2) is 5.30. The first-order chi connectivity index (χ1) is 9.56. The first kappa shape index (κ1) is 13.8. The smallest absolute Gasteiger partial charge is 0.260 e. The average Bonchev–Trinajstić information content (AvgIpc) is 2.68. The fraction of sp³-hybridized carbons (Fsp3) is 0.600. The number of nitrogens with one attached hydrogen (secondary N) is 2. The highest BCUT2D eigenvalue weighted by Crippen LogP contribution is 2.25. The normalized spacial score (nSPS) is 23.4. The Hall–Kier alpha value is -1.20. The van der Waals surface area contributed by atoms with Gasteiger partial charge in [-0.1, -0.05) is 0 Å². The molecule has 1 aliphatic heterocycles. The number of rotatable bonds is 2. The van der Waals surface area contributed by atoms with E-state index < -0.39 is 0 Å². The largest absolute Gasteiger partial charge is 0.326 e. The molecule has 1 fully saturated rings. The van der Waals surface area contributed by atoms with E-state index in [4.69, 9.17) is 0 Å². The number of hydrogen-bond donors (Lipinski definition) is 2. The van der Waals surface area contributed by atoms with Crippen molar-refractivity contribution in [3.63, 3.8) is 0 Å². The summed E-state index contributed by atoms with van der Waals surface area (Å²) in [5, 5.41) is 0.776. The molecular formula is C15H22N3OS+. The summed E-state index contributed by atoms with van der Waals surface area (Å²) in [6, 6.07) is 0.663. The fourth-order valence-electron chi connectivity index (χ4n) is 3.11. The van der Waals surface area contributed by atoms with Crippen molar-refractivity contribution < 1.29 is 4.90 Å². The molecule has 0 amide bonds. The van der Waals surface area contributed by atoms with E-state index in [1.165, 1.54) is 30.7 Å². The van der Waals surface area contributed by atoms with Crippen LogP contribution in [0.1, 0.15) is 42.5 Å². The maximum Gasteiger partial charge on any atom is 0.260 e. The van der Waals surface area contributed by atoms with Crippen LogP contribution in [-0.2, 0) is 6.54 Å². The van der Waals surface area contributed by atoms with Crippen molar-refractivity contribution in [2.75, 3.05) is 6.54 Å². The van der Waals surface area contributed by atoms with E-state index in [0.29, 0.717) is 6.04 Å². The zero-order chi connectivity index (χ0) is 14.3. The van der Waals surface area contributed by atoms with Gasteiger partial charge < -0.3 is 9.88 Å². The second-order valence-corrected chi connectivity index (χ2v) is 7.16. The highest BCUT2D eigenvalue weighted by Gasteiger charge is 2.23. The summed E-state index contributed by atoms with van der Waals surface area (Å²) in [7, 11) is 0. The van der Waals surface area contributed by atoms with E-state index in [0.717, 1.165) is 28.1 Å². The number of likely N-dealkylation sites (tertiary alicyclic amines) is 1. The fourth-order valence-corrected chi connectivity index (χ4v) is 4.16. The van der Waals surface area contributed by atoms with Crippen LogP contribution in [0.5, 0.6) is 0 Å². The van der Waals surface area contributed by atoms with E-state index in [-0.39, 0.29) is 5.56 Å². The molecule has 108 valence electrons. The van der Waals surface area contributed by atoms with Gasteiger partial charge in [-0.25, -0.2) is 4.98 Å². The lowest BCUT2D eigenvalue weighted by atomic mass is 10.0. The molecule has 4 nitrogen and oxygen atoms in total. The highest BCUT2D eigenvalue weighted by atomic mass is 32.1. The Balaban J connectivity index is 1.94. The van der Waals surface area contributed by atoms with Crippen LogP contribution in [-0.4, -0.2) is 22.6 Å². The standard InChI is InChI=1S/C15H21N3OS/c1-9-6-4-5-7-18(9)8-12-16-14(19)13-10(2)11(3)20-15(13)17-12/h9H,4-8H2,1-3H3,(H,16,17,19)/p+1/t9-/m1/s1. The molecule has 0 aliphatic carbocycles. The third-order valence-corrected chi connectivity index (χ3v) is 5.67. The third kappa shape index (κ3) is 2.40. The minimum absolute atomic E-state index is 0.0240. The molecule has 2 N–H and O–H groups in total. The van der Waals surface area contributed by atoms with E-state index in [9.17, 15) is 4.79 Å². The summed E-state index contributed by atoms with van der Waals surface area (Å²) < 4.78 is 0. The Morgan fingerprint density at radius 1 is 1.40 bits per heavy atom. The van der Waals surface area contributed by atoms with Crippen LogP contribution < -0.4 is 10.5 Å². The molecule has 1 aliphatic rings. The van der Waals surface area contributed by atoms with Crippen LogP contribution in [0, 0.1) is 13.8 Å². The van der Waals surface area contributed by atoms with Crippen LogP contribution in [0.25, 0.3) is 10.2 Å². The molecule has 0 spiro atoms. The summed E-state index contributed by atoms with van der Waals surface area (Å²) in [4.78, 5) is 23.6. The summed E-state index contributed by atoms with van der Waals surface area (Å²) in [5.74, 6) is 0.840. The van der Waals surface area contributed by atoms with Gasteiger partial charge in [-0.3, -0.25) is 4.79 Å². The van der Waals surface area contributed by atoms with Gasteiger partial charge in [0.05, 0.1) is 18.0 Å². The zero-order valence-electron chi connectivity index (χ0n) is 12.4. The number of quaternary nitrogens is 1. The molecule has 20 heavy (non-hydrogen) atoms. The first-order valence-electron chi connectivity index (χ1n) is 7.39. The molecule has 2 aromatic heterocycles. The number of thiophene rings is 1. The molecule has 3 rings (SSSR count). The maximum absolute atomic E-state index is 12.3. The molecule has 5 heteroatoms. The van der Waals surface area contributed by atoms with Crippen LogP contribution in [0.4, 0.5) is 0 Å². The molecule has 1 unspecified atom stereocenters. The average molecular weight is 292 g/mol. The molecule has 0 saturated carbocycles. The lowest BCUT2D eigenvalue weighted by Gasteiger charge is -2.29. The Kier molecular flexibility index (Phi) is 3.65. The number of hydrogen-bond acceptors (Lipinski definition) is 3. The SMILES string of the molecule is Cc1sc2nc(C[NH+]3CCCC[C@H]3C)[nH]c(=O)c2c1C. The monoisotopic (exact) mass is 292 g/mol. The molecule has 2 aromatic rings. The lowest BCUT2D eigenvalue weighted by molar-refractivity contribution is -0.942. The van der Waals surface area contributed by atoms with Crippen molar-refractivity contribution >= 4 is 21.6 Å². The summed E-state index contributed by atoms with van der Waals surface area (Å²) in [6.07, 6.45) is 3.89. The number of piperidine rings is 1. The van der Waals surface area contributed by atoms with E-state index in [1.807, 2.05) is 6.92 Å². The lowest BCUT2D eigenvalue weighted by Crippen LogP contribution is -3.15. The highest BCUT2D eigenvalue weighted by molar-refractivity contribution is 7.18. The predicted octanol–water partition coefficient (Wildman–Crippen LogP) is 1.56. The van der Waals surface area contributed by atoms with Crippen molar-refractivity contribution in [1.29, 1.82) is 0 Å². The summed E-state index contributed by atoms with van der Waals surface area (Å²) >= 11 is 1.63. The van der Waals surface area contributed by atoms with E-state index >= 15 is 0 Å². The van der Waals surface area contributed by atoms with E-state index in [1.54, 1.807) is 16.2 Å². The van der Waals surface area contributed by atoms with Crippen molar-refractivity contribution in [1.82, 2.24) is 9.97 Å². The Morgan fingerprint density at radius 3 is 2.95 bits per heavy atom. The molecule has 0 radical (unpaired) electrons. The Labute approximate surface area is 122 Å². The molecule has 0 bridgehead atoms. The van der Waals surface area contributed by atoms with Gasteiger partial charge in [0.25, 0.3) is 5.56 Å².